The van der Waals surface area contributed by atoms with Crippen molar-refractivity contribution in [3.8, 4) is 11.5 Å². The van der Waals surface area contributed by atoms with E-state index in [2.05, 4.69) is 30.1 Å². The molecule has 0 aliphatic rings. The predicted octanol–water partition coefficient (Wildman–Crippen LogP) is 4.79. The number of hydrogen-bond donors (Lipinski definition) is 0. The lowest BCUT2D eigenvalue weighted by Crippen LogP contribution is -1.88. The Hall–Kier alpha value is -2.33. The zero-order chi connectivity index (χ0) is 15.5. The van der Waals surface area contributed by atoms with E-state index in [1.54, 1.807) is 25.6 Å². The maximum Gasteiger partial charge on any atom is 0.123 e. The van der Waals surface area contributed by atoms with Gasteiger partial charge in [0.2, 0.25) is 0 Å². The number of hydrogen-bond acceptors (Lipinski definition) is 4. The quantitative estimate of drug-likeness (QED) is 0.694. The number of rotatable bonds is 4. The maximum absolute atomic E-state index is 5.28. The van der Waals surface area contributed by atoms with Gasteiger partial charge in [-0.3, -0.25) is 0 Å². The molecule has 0 saturated carbocycles. The standard InChI is InChI=1S/C18H17NO2S/c1-12-4-6-17-16(8-12)19-18(22-17)7-5-13-9-14(20-2)11-15(10-13)21-3/h4-11H,1-3H3/b7-5+. The van der Waals surface area contributed by atoms with Gasteiger partial charge in [-0.1, -0.05) is 12.1 Å². The topological polar surface area (TPSA) is 31.4 Å². The molecular weight excluding hydrogens is 294 g/mol. The number of methoxy groups -OCH3 is 2. The Morgan fingerprint density at radius 3 is 2.36 bits per heavy atom. The molecule has 112 valence electrons. The highest BCUT2D eigenvalue weighted by molar-refractivity contribution is 7.19. The van der Waals surface area contributed by atoms with Crippen molar-refractivity contribution in [2.24, 2.45) is 0 Å². The van der Waals surface area contributed by atoms with E-state index >= 15 is 0 Å². The van der Waals surface area contributed by atoms with Gasteiger partial charge in [-0.2, -0.15) is 0 Å². The first kappa shape index (κ1) is 14.6. The number of nitrogens with zero attached hydrogens (tertiary/aromatic N) is 1. The summed E-state index contributed by atoms with van der Waals surface area (Å²) in [5, 5.41) is 0.988. The van der Waals surface area contributed by atoms with E-state index in [4.69, 9.17) is 9.47 Å². The van der Waals surface area contributed by atoms with Crippen molar-refractivity contribution in [3.63, 3.8) is 0 Å². The number of benzene rings is 2. The molecule has 1 heterocycles. The smallest absolute Gasteiger partial charge is 0.123 e. The minimum atomic E-state index is 0.777. The maximum atomic E-state index is 5.28. The van der Waals surface area contributed by atoms with E-state index in [1.165, 1.54) is 10.3 Å². The van der Waals surface area contributed by atoms with Crippen molar-refractivity contribution in [2.75, 3.05) is 14.2 Å². The summed E-state index contributed by atoms with van der Waals surface area (Å²) in [5.41, 5.74) is 3.30. The van der Waals surface area contributed by atoms with Gasteiger partial charge in [0.1, 0.15) is 16.5 Å². The molecule has 0 atom stereocenters. The number of fused-ring (bicyclic) bond motifs is 1. The average molecular weight is 311 g/mol. The second-order valence-electron chi connectivity index (χ2n) is 5.00. The molecule has 0 aliphatic carbocycles. The van der Waals surface area contributed by atoms with Gasteiger partial charge in [0.05, 0.1) is 24.4 Å². The molecular formula is C18H17NO2S. The van der Waals surface area contributed by atoms with Crippen LogP contribution < -0.4 is 9.47 Å². The Balaban J connectivity index is 1.91. The molecule has 0 aliphatic heterocycles. The van der Waals surface area contributed by atoms with Crippen LogP contribution in [0, 0.1) is 6.92 Å². The summed E-state index contributed by atoms with van der Waals surface area (Å²) in [6.07, 6.45) is 4.05. The van der Waals surface area contributed by atoms with Gasteiger partial charge < -0.3 is 9.47 Å². The number of ether oxygens (including phenoxy) is 2. The normalized spacial score (nSPS) is 11.2. The first-order valence-corrected chi connectivity index (χ1v) is 7.78. The second kappa shape index (κ2) is 6.20. The van der Waals surface area contributed by atoms with E-state index < -0.39 is 0 Å². The molecule has 0 spiro atoms. The van der Waals surface area contributed by atoms with Crippen LogP contribution in [0.3, 0.4) is 0 Å². The van der Waals surface area contributed by atoms with Crippen molar-refractivity contribution in [1.82, 2.24) is 4.98 Å². The van der Waals surface area contributed by atoms with Gasteiger partial charge in [0.15, 0.2) is 0 Å². The lowest BCUT2D eigenvalue weighted by atomic mass is 10.2. The zero-order valence-electron chi connectivity index (χ0n) is 12.8. The number of aryl methyl sites for hydroxylation is 1. The third-order valence-corrected chi connectivity index (χ3v) is 4.35. The van der Waals surface area contributed by atoms with E-state index in [-0.39, 0.29) is 0 Å². The SMILES string of the molecule is COc1cc(/C=C/c2nc3cc(C)ccc3s2)cc(OC)c1. The van der Waals surface area contributed by atoms with Gasteiger partial charge in [-0.05, 0) is 48.4 Å². The third kappa shape index (κ3) is 3.12. The molecule has 0 unspecified atom stereocenters. The molecule has 0 fully saturated rings. The molecule has 0 bridgehead atoms. The van der Waals surface area contributed by atoms with Crippen molar-refractivity contribution in [3.05, 3.63) is 52.5 Å². The fraction of sp³-hybridized carbons (Fsp3) is 0.167. The third-order valence-electron chi connectivity index (χ3n) is 3.35. The molecule has 0 saturated heterocycles. The minimum absolute atomic E-state index is 0.777. The van der Waals surface area contributed by atoms with Gasteiger partial charge in [0, 0.05) is 6.07 Å². The predicted molar refractivity (Wildman–Crippen MR) is 92.8 cm³/mol. The van der Waals surface area contributed by atoms with Gasteiger partial charge in [-0.25, -0.2) is 4.98 Å². The molecule has 0 radical (unpaired) electrons. The Labute approximate surface area is 133 Å². The zero-order valence-corrected chi connectivity index (χ0v) is 13.6. The molecule has 3 rings (SSSR count). The fourth-order valence-electron chi connectivity index (χ4n) is 2.22. The first-order valence-electron chi connectivity index (χ1n) is 6.96. The highest BCUT2D eigenvalue weighted by Crippen LogP contribution is 2.26. The molecule has 3 aromatic rings. The summed E-state index contributed by atoms with van der Waals surface area (Å²) in [4.78, 5) is 4.64. The van der Waals surface area contributed by atoms with Crippen molar-refractivity contribution >= 4 is 33.7 Å². The Morgan fingerprint density at radius 1 is 0.955 bits per heavy atom. The van der Waals surface area contributed by atoms with E-state index in [1.807, 2.05) is 30.4 Å². The molecule has 22 heavy (non-hydrogen) atoms. The average Bonchev–Trinajstić information content (AvgIpc) is 2.94. The lowest BCUT2D eigenvalue weighted by molar-refractivity contribution is 0.394. The number of aromatic nitrogens is 1. The molecule has 0 amide bonds. The van der Waals surface area contributed by atoms with E-state index in [0.717, 1.165) is 27.6 Å². The summed E-state index contributed by atoms with van der Waals surface area (Å²) in [6.45, 7) is 2.08. The van der Waals surface area contributed by atoms with Crippen LogP contribution in [0.15, 0.2) is 36.4 Å². The Kier molecular flexibility index (Phi) is 4.11. The minimum Gasteiger partial charge on any atom is -0.497 e. The van der Waals surface area contributed by atoms with Gasteiger partial charge >= 0.3 is 0 Å². The number of thiazole rings is 1. The van der Waals surface area contributed by atoms with E-state index in [9.17, 15) is 0 Å². The lowest BCUT2D eigenvalue weighted by Gasteiger charge is -2.05. The van der Waals surface area contributed by atoms with Crippen LogP contribution in [0.25, 0.3) is 22.4 Å². The van der Waals surface area contributed by atoms with Crippen molar-refractivity contribution in [1.29, 1.82) is 0 Å². The van der Waals surface area contributed by atoms with Crippen LogP contribution in [0.5, 0.6) is 11.5 Å². The monoisotopic (exact) mass is 311 g/mol. The van der Waals surface area contributed by atoms with Gasteiger partial charge in [0.25, 0.3) is 0 Å². The molecule has 2 aromatic carbocycles. The fourth-order valence-corrected chi connectivity index (χ4v) is 3.07. The van der Waals surface area contributed by atoms with Crippen LogP contribution in [0.1, 0.15) is 16.1 Å². The molecule has 0 N–H and O–H groups in total. The highest BCUT2D eigenvalue weighted by Gasteiger charge is 2.02. The second-order valence-corrected chi connectivity index (χ2v) is 6.06. The van der Waals surface area contributed by atoms with Crippen molar-refractivity contribution < 1.29 is 9.47 Å². The van der Waals surface area contributed by atoms with Crippen LogP contribution in [-0.2, 0) is 0 Å². The largest absolute Gasteiger partial charge is 0.497 e. The molecule has 4 heteroatoms. The summed E-state index contributed by atoms with van der Waals surface area (Å²) in [7, 11) is 3.30. The van der Waals surface area contributed by atoms with Crippen molar-refractivity contribution in [2.45, 2.75) is 6.92 Å². The first-order chi connectivity index (χ1) is 10.7. The Bertz CT molecular complexity index is 814. The van der Waals surface area contributed by atoms with Crippen LogP contribution in [0.4, 0.5) is 0 Å². The van der Waals surface area contributed by atoms with Crippen LogP contribution >= 0.6 is 11.3 Å². The molecule has 3 nitrogen and oxygen atoms in total. The highest BCUT2D eigenvalue weighted by atomic mass is 32.1. The summed E-state index contributed by atoms with van der Waals surface area (Å²) >= 11 is 1.68. The molecule has 1 aromatic heterocycles. The van der Waals surface area contributed by atoms with E-state index in [0.29, 0.717) is 0 Å². The van der Waals surface area contributed by atoms with Crippen LogP contribution in [0.2, 0.25) is 0 Å². The summed E-state index contributed by atoms with van der Waals surface area (Å²) in [6, 6.07) is 12.1. The van der Waals surface area contributed by atoms with Crippen LogP contribution in [-0.4, -0.2) is 19.2 Å². The summed E-state index contributed by atoms with van der Waals surface area (Å²) in [5.74, 6) is 1.55. The van der Waals surface area contributed by atoms with Gasteiger partial charge in [-0.15, -0.1) is 11.3 Å². The summed E-state index contributed by atoms with van der Waals surface area (Å²) < 4.78 is 11.8. The Morgan fingerprint density at radius 2 is 1.68 bits per heavy atom.